The van der Waals surface area contributed by atoms with Crippen molar-refractivity contribution < 1.29 is 0 Å². The van der Waals surface area contributed by atoms with Gasteiger partial charge in [-0.05, 0) is 134 Å². The largest absolute Gasteiger partial charge is 0.297 e. The summed E-state index contributed by atoms with van der Waals surface area (Å²) >= 11 is 0. The van der Waals surface area contributed by atoms with E-state index in [1.54, 1.807) is 0 Å². The summed E-state index contributed by atoms with van der Waals surface area (Å²) in [6.45, 7) is 39.4. The average molecular weight is 602 g/mol. The van der Waals surface area contributed by atoms with Crippen LogP contribution in [-0.4, -0.2) is 69.1 Å². The summed E-state index contributed by atoms with van der Waals surface area (Å²) in [4.78, 5) is 8.32. The second-order valence-electron chi connectivity index (χ2n) is 20.2. The fourth-order valence-corrected chi connectivity index (χ4v) is 10.5. The van der Waals surface area contributed by atoms with E-state index in [0.717, 1.165) is 54.1 Å². The minimum Gasteiger partial charge on any atom is -0.297 e. The molecule has 0 aromatic rings. The summed E-state index contributed by atoms with van der Waals surface area (Å²) in [5, 5.41) is 0. The molecule has 2 aliphatic carbocycles. The fraction of sp³-hybridized carbons (Fsp3) is 1.00. The molecular weight excluding hydrogens is 522 g/mol. The van der Waals surface area contributed by atoms with Crippen molar-refractivity contribution in [2.24, 2.45) is 28.1 Å². The number of fused-ring (bicyclic) bond motifs is 3. The predicted octanol–water partition coefficient (Wildman–Crippen LogP) is 10.7. The van der Waals surface area contributed by atoms with Crippen molar-refractivity contribution in [3.63, 3.8) is 0 Å². The van der Waals surface area contributed by atoms with Gasteiger partial charge in [0.2, 0.25) is 0 Å². The lowest BCUT2D eigenvalue weighted by Gasteiger charge is -2.47. The van der Waals surface area contributed by atoms with Gasteiger partial charge in [0.05, 0.1) is 0 Å². The standard InChI is InChI=1S/C16H31N.C13H25N.C11H23N/c1-15(2,3)14-11-12-9-7-8-10-13(12)17(14)16(4,5)6;1-9(2)14-11-7-6-10(8-11)12(14)13(3,4)5;1-9(2)12-8-6-7-10(12)11(3,4)5/h12-14H,7-11H2,1-6H3;9-12H,6-8H2,1-5H3;9-10H,6-8H2,1-5H3. The van der Waals surface area contributed by atoms with Crippen LogP contribution >= 0.6 is 0 Å². The first-order chi connectivity index (χ1) is 19.5. The third kappa shape index (κ3) is 9.03. The van der Waals surface area contributed by atoms with E-state index in [9.17, 15) is 0 Å². The number of likely N-dealkylation sites (tertiary alicyclic amines) is 3. The summed E-state index contributed by atoms with van der Waals surface area (Å²) in [5.41, 5.74) is 1.67. The predicted molar refractivity (Wildman–Crippen MR) is 191 cm³/mol. The first-order valence-electron chi connectivity index (χ1n) is 18.9. The lowest BCUT2D eigenvalue weighted by molar-refractivity contribution is 0.0140. The van der Waals surface area contributed by atoms with Crippen LogP contribution < -0.4 is 0 Å². The molecule has 5 aliphatic rings. The van der Waals surface area contributed by atoms with Crippen LogP contribution in [0.5, 0.6) is 0 Å². The zero-order valence-corrected chi connectivity index (χ0v) is 32.3. The van der Waals surface area contributed by atoms with Gasteiger partial charge in [-0.3, -0.25) is 14.7 Å². The first kappa shape index (κ1) is 37.3. The van der Waals surface area contributed by atoms with E-state index in [0.29, 0.717) is 21.8 Å². The van der Waals surface area contributed by atoms with Crippen LogP contribution in [0.1, 0.15) is 175 Å². The van der Waals surface area contributed by atoms with Crippen LogP contribution in [0.4, 0.5) is 0 Å². The molecule has 5 fully saturated rings. The number of hydrogen-bond acceptors (Lipinski definition) is 3. The van der Waals surface area contributed by atoms with Gasteiger partial charge in [0.15, 0.2) is 0 Å². The molecule has 3 aliphatic heterocycles. The Labute approximate surface area is 271 Å². The molecule has 0 amide bonds. The minimum absolute atomic E-state index is 0.328. The Bertz CT molecular complexity index is 847. The van der Waals surface area contributed by atoms with Gasteiger partial charge >= 0.3 is 0 Å². The molecule has 254 valence electrons. The van der Waals surface area contributed by atoms with Gasteiger partial charge in [-0.1, -0.05) is 75.2 Å². The summed E-state index contributed by atoms with van der Waals surface area (Å²) in [6, 6.07) is 5.64. The number of rotatable bonds is 2. The van der Waals surface area contributed by atoms with Gasteiger partial charge in [-0.15, -0.1) is 0 Å². The Morgan fingerprint density at radius 3 is 1.56 bits per heavy atom. The zero-order chi connectivity index (χ0) is 32.7. The normalized spacial score (nSPS) is 34.3. The molecule has 43 heavy (non-hydrogen) atoms. The monoisotopic (exact) mass is 602 g/mol. The van der Waals surface area contributed by atoms with E-state index in [2.05, 4.69) is 125 Å². The summed E-state index contributed by atoms with van der Waals surface area (Å²) in [5.74, 6) is 1.97. The maximum absolute atomic E-state index is 2.87. The third-order valence-electron chi connectivity index (χ3n) is 11.9. The molecule has 5 rings (SSSR count). The molecule has 7 atom stereocenters. The summed E-state index contributed by atoms with van der Waals surface area (Å²) < 4.78 is 0. The fourth-order valence-electron chi connectivity index (χ4n) is 10.5. The average Bonchev–Trinajstić information content (AvgIpc) is 3.64. The molecule has 0 radical (unpaired) electrons. The molecule has 0 spiro atoms. The van der Waals surface area contributed by atoms with Crippen molar-refractivity contribution in [2.75, 3.05) is 6.54 Å². The quantitative estimate of drug-likeness (QED) is 0.312. The molecule has 3 nitrogen and oxygen atoms in total. The van der Waals surface area contributed by atoms with Gasteiger partial charge < -0.3 is 0 Å². The van der Waals surface area contributed by atoms with E-state index in [4.69, 9.17) is 0 Å². The molecule has 0 aromatic carbocycles. The smallest absolute Gasteiger partial charge is 0.0178 e. The van der Waals surface area contributed by atoms with Crippen LogP contribution in [-0.2, 0) is 0 Å². The maximum atomic E-state index is 2.87. The number of hydrogen-bond donors (Lipinski definition) is 0. The first-order valence-corrected chi connectivity index (χ1v) is 18.9. The van der Waals surface area contributed by atoms with Crippen LogP contribution in [0.2, 0.25) is 0 Å². The summed E-state index contributed by atoms with van der Waals surface area (Å²) in [6.07, 6.45) is 14.5. The lowest BCUT2D eigenvalue weighted by Crippen LogP contribution is -2.53. The molecule has 7 unspecified atom stereocenters. The molecular formula is C40H79N3. The van der Waals surface area contributed by atoms with Crippen molar-refractivity contribution in [1.29, 1.82) is 0 Å². The molecule has 3 heteroatoms. The minimum atomic E-state index is 0.328. The van der Waals surface area contributed by atoms with E-state index >= 15 is 0 Å². The number of nitrogens with zero attached hydrogens (tertiary/aromatic N) is 3. The Morgan fingerprint density at radius 2 is 1.12 bits per heavy atom. The topological polar surface area (TPSA) is 9.72 Å². The van der Waals surface area contributed by atoms with Gasteiger partial charge in [0.1, 0.15) is 0 Å². The van der Waals surface area contributed by atoms with Crippen LogP contribution in [0.25, 0.3) is 0 Å². The highest BCUT2D eigenvalue weighted by molar-refractivity contribution is 5.05. The summed E-state index contributed by atoms with van der Waals surface area (Å²) in [7, 11) is 0. The number of piperidine rings is 1. The van der Waals surface area contributed by atoms with Gasteiger partial charge in [-0.2, -0.15) is 0 Å². The maximum Gasteiger partial charge on any atom is 0.0178 e. The van der Waals surface area contributed by atoms with Crippen molar-refractivity contribution in [3.05, 3.63) is 0 Å². The molecule has 2 saturated carbocycles. The molecule has 3 heterocycles. The zero-order valence-electron chi connectivity index (χ0n) is 32.3. The highest BCUT2D eigenvalue weighted by Crippen LogP contribution is 2.50. The van der Waals surface area contributed by atoms with E-state index in [-0.39, 0.29) is 0 Å². The Hall–Kier alpha value is -0.120. The lowest BCUT2D eigenvalue weighted by atomic mass is 9.78. The van der Waals surface area contributed by atoms with E-state index in [1.165, 1.54) is 70.8 Å². The van der Waals surface area contributed by atoms with Crippen molar-refractivity contribution in [1.82, 2.24) is 14.7 Å². The van der Waals surface area contributed by atoms with Crippen LogP contribution in [0.15, 0.2) is 0 Å². The van der Waals surface area contributed by atoms with Gasteiger partial charge in [0, 0.05) is 47.8 Å². The second-order valence-corrected chi connectivity index (χ2v) is 20.2. The molecule has 3 saturated heterocycles. The van der Waals surface area contributed by atoms with E-state index in [1.807, 2.05) is 0 Å². The van der Waals surface area contributed by atoms with Crippen LogP contribution in [0.3, 0.4) is 0 Å². The van der Waals surface area contributed by atoms with Crippen molar-refractivity contribution in [3.8, 4) is 0 Å². The second kappa shape index (κ2) is 13.9. The van der Waals surface area contributed by atoms with E-state index < -0.39 is 0 Å². The van der Waals surface area contributed by atoms with Crippen molar-refractivity contribution >= 4 is 0 Å². The Kier molecular flexibility index (Phi) is 12.1. The molecule has 0 aromatic heterocycles. The Morgan fingerprint density at radius 1 is 0.535 bits per heavy atom. The van der Waals surface area contributed by atoms with Crippen molar-refractivity contribution in [2.45, 2.75) is 223 Å². The highest BCUT2D eigenvalue weighted by Gasteiger charge is 2.51. The van der Waals surface area contributed by atoms with Crippen LogP contribution in [0, 0.1) is 28.1 Å². The SMILES string of the molecule is CC(C)(C)C1CC2CCCCC2N1C(C)(C)C.CC(C)N1C2CCC(C2)C1C(C)(C)C.CC(C)N1CCCC1C(C)(C)C. The third-order valence-corrected chi connectivity index (χ3v) is 11.9. The van der Waals surface area contributed by atoms with Gasteiger partial charge in [-0.25, -0.2) is 0 Å². The Balaban J connectivity index is 0.000000180. The molecule has 0 N–H and O–H groups in total. The van der Waals surface area contributed by atoms with Gasteiger partial charge in [0.25, 0.3) is 0 Å². The highest BCUT2D eigenvalue weighted by atomic mass is 15.3. The molecule has 2 bridgehead atoms.